The Hall–Kier alpha value is -1.59. The van der Waals surface area contributed by atoms with Gasteiger partial charge in [-0.3, -0.25) is 9.69 Å². The first-order chi connectivity index (χ1) is 10.6. The molecule has 1 aromatic rings. The van der Waals surface area contributed by atoms with E-state index in [-0.39, 0.29) is 12.5 Å². The van der Waals surface area contributed by atoms with Gasteiger partial charge >= 0.3 is 0 Å². The number of amides is 1. The molecule has 0 heterocycles. The second-order valence-electron chi connectivity index (χ2n) is 5.22. The smallest absolute Gasteiger partial charge is 0.246 e. The molecule has 1 N–H and O–H groups in total. The summed E-state index contributed by atoms with van der Waals surface area (Å²) in [4.78, 5) is 14.1. The van der Waals surface area contributed by atoms with Crippen LogP contribution in [0.1, 0.15) is 26.3 Å². The summed E-state index contributed by atoms with van der Waals surface area (Å²) in [5.74, 6) is 0.709. The van der Waals surface area contributed by atoms with E-state index in [1.807, 2.05) is 24.3 Å². The minimum Gasteiger partial charge on any atom is -0.497 e. The fourth-order valence-electron chi connectivity index (χ4n) is 2.31. The van der Waals surface area contributed by atoms with E-state index >= 15 is 0 Å². The highest BCUT2D eigenvalue weighted by Crippen LogP contribution is 2.13. The number of hydrogen-bond acceptors (Lipinski definition) is 4. The van der Waals surface area contributed by atoms with Crippen molar-refractivity contribution >= 4 is 5.91 Å². The summed E-state index contributed by atoms with van der Waals surface area (Å²) in [6, 6.07) is 7.97. The molecule has 1 amide bonds. The van der Waals surface area contributed by atoms with Crippen LogP contribution in [-0.4, -0.2) is 50.2 Å². The number of rotatable bonds is 10. The Labute approximate surface area is 133 Å². The maximum Gasteiger partial charge on any atom is 0.246 e. The van der Waals surface area contributed by atoms with Gasteiger partial charge in [-0.05, 0) is 37.7 Å². The number of nitrogens with zero attached hydrogens (tertiary/aromatic N) is 1. The number of carbonyl (C=O) groups is 1. The van der Waals surface area contributed by atoms with E-state index in [9.17, 15) is 4.79 Å². The maximum absolute atomic E-state index is 11.8. The van der Waals surface area contributed by atoms with Crippen molar-refractivity contribution in [2.24, 2.45) is 0 Å². The van der Waals surface area contributed by atoms with Gasteiger partial charge < -0.3 is 14.8 Å². The topological polar surface area (TPSA) is 50.8 Å². The highest BCUT2D eigenvalue weighted by Gasteiger charge is 2.11. The van der Waals surface area contributed by atoms with Crippen LogP contribution < -0.4 is 10.1 Å². The minimum atomic E-state index is -0.0816. The van der Waals surface area contributed by atoms with Crippen LogP contribution in [0.4, 0.5) is 0 Å². The quantitative estimate of drug-likeness (QED) is 0.719. The van der Waals surface area contributed by atoms with Gasteiger partial charge in [0.2, 0.25) is 5.91 Å². The lowest BCUT2D eigenvalue weighted by Gasteiger charge is -2.26. The molecule has 0 aliphatic carbocycles. The first-order valence-electron chi connectivity index (χ1n) is 7.82. The predicted molar refractivity (Wildman–Crippen MR) is 88.0 cm³/mol. The Morgan fingerprint density at radius 2 is 2.05 bits per heavy atom. The maximum atomic E-state index is 11.8. The van der Waals surface area contributed by atoms with Gasteiger partial charge in [0.1, 0.15) is 12.4 Å². The molecule has 5 heteroatoms. The lowest BCUT2D eigenvalue weighted by molar-refractivity contribution is -0.126. The van der Waals surface area contributed by atoms with Gasteiger partial charge in [0.05, 0.1) is 13.7 Å². The summed E-state index contributed by atoms with van der Waals surface area (Å²) in [5, 5.41) is 2.91. The molecule has 0 unspecified atom stereocenters. The van der Waals surface area contributed by atoms with Gasteiger partial charge in [0.15, 0.2) is 0 Å². The molecule has 1 rings (SSSR count). The molecule has 5 nitrogen and oxygen atoms in total. The molecule has 124 valence electrons. The molecule has 0 spiro atoms. The van der Waals surface area contributed by atoms with Gasteiger partial charge in [-0.25, -0.2) is 0 Å². The summed E-state index contributed by atoms with van der Waals surface area (Å²) in [6.45, 7) is 9.45. The van der Waals surface area contributed by atoms with Crippen LogP contribution in [0.15, 0.2) is 24.3 Å². The van der Waals surface area contributed by atoms with E-state index < -0.39 is 0 Å². The summed E-state index contributed by atoms with van der Waals surface area (Å²) >= 11 is 0. The Morgan fingerprint density at radius 1 is 1.32 bits per heavy atom. The highest BCUT2D eigenvalue weighted by molar-refractivity contribution is 5.77. The molecule has 0 saturated carbocycles. The van der Waals surface area contributed by atoms with Gasteiger partial charge in [-0.15, -0.1) is 0 Å². The van der Waals surface area contributed by atoms with E-state index in [4.69, 9.17) is 9.47 Å². The van der Waals surface area contributed by atoms with Gasteiger partial charge in [-0.2, -0.15) is 0 Å². The molecule has 0 saturated heterocycles. The van der Waals surface area contributed by atoms with Crippen LogP contribution in [0.2, 0.25) is 0 Å². The standard InChI is InChI=1S/C17H28N2O3/c1-5-19(6-2)14(3)11-18-17(20)13-22-12-15-8-7-9-16(10-15)21-4/h7-10,14H,5-6,11-13H2,1-4H3,(H,18,20)/t14-/m1/s1. The van der Waals surface area contributed by atoms with Crippen LogP contribution in [0, 0.1) is 0 Å². The van der Waals surface area contributed by atoms with E-state index in [1.165, 1.54) is 0 Å². The SMILES string of the molecule is CCN(CC)[C@H](C)CNC(=O)COCc1cccc(OC)c1. The monoisotopic (exact) mass is 308 g/mol. The number of nitrogens with one attached hydrogen (secondary N) is 1. The predicted octanol–water partition coefficient (Wildman–Crippen LogP) is 2.06. The van der Waals surface area contributed by atoms with Crippen molar-refractivity contribution in [3.05, 3.63) is 29.8 Å². The normalized spacial score (nSPS) is 12.2. The summed E-state index contributed by atoms with van der Waals surface area (Å²) < 4.78 is 10.6. The molecule has 0 aliphatic rings. The summed E-state index contributed by atoms with van der Waals surface area (Å²) in [5.41, 5.74) is 0.989. The zero-order chi connectivity index (χ0) is 16.4. The van der Waals surface area contributed by atoms with Crippen molar-refractivity contribution in [2.75, 3.05) is 33.4 Å². The van der Waals surface area contributed by atoms with E-state index in [0.29, 0.717) is 19.2 Å². The fourth-order valence-corrected chi connectivity index (χ4v) is 2.31. The number of carbonyl (C=O) groups excluding carboxylic acids is 1. The van der Waals surface area contributed by atoms with Crippen LogP contribution in [0.5, 0.6) is 5.75 Å². The average molecular weight is 308 g/mol. The molecular formula is C17H28N2O3. The lowest BCUT2D eigenvalue weighted by Crippen LogP contribution is -2.42. The van der Waals surface area contributed by atoms with E-state index in [0.717, 1.165) is 24.4 Å². The summed E-state index contributed by atoms with van der Waals surface area (Å²) in [6.07, 6.45) is 0. The third-order valence-electron chi connectivity index (χ3n) is 3.67. The van der Waals surface area contributed by atoms with Crippen molar-refractivity contribution in [3.8, 4) is 5.75 Å². The van der Waals surface area contributed by atoms with Crippen LogP contribution in [0.25, 0.3) is 0 Å². The second-order valence-corrected chi connectivity index (χ2v) is 5.22. The van der Waals surface area contributed by atoms with Crippen molar-refractivity contribution in [3.63, 3.8) is 0 Å². The molecule has 1 aromatic carbocycles. The number of likely N-dealkylation sites (N-methyl/N-ethyl adjacent to an activating group) is 1. The van der Waals surface area contributed by atoms with Gasteiger partial charge in [0, 0.05) is 12.6 Å². The zero-order valence-electron chi connectivity index (χ0n) is 14.1. The number of benzene rings is 1. The first-order valence-corrected chi connectivity index (χ1v) is 7.82. The average Bonchev–Trinajstić information content (AvgIpc) is 2.54. The molecular weight excluding hydrogens is 280 g/mol. The molecule has 0 radical (unpaired) electrons. The minimum absolute atomic E-state index is 0.0716. The number of methoxy groups -OCH3 is 1. The largest absolute Gasteiger partial charge is 0.497 e. The van der Waals surface area contributed by atoms with E-state index in [1.54, 1.807) is 7.11 Å². The third-order valence-corrected chi connectivity index (χ3v) is 3.67. The fraction of sp³-hybridized carbons (Fsp3) is 0.588. The molecule has 0 aliphatic heterocycles. The Morgan fingerprint density at radius 3 is 2.68 bits per heavy atom. The Balaban J connectivity index is 2.25. The second kappa shape index (κ2) is 10.2. The zero-order valence-corrected chi connectivity index (χ0v) is 14.1. The molecule has 0 fully saturated rings. The van der Waals surface area contributed by atoms with Crippen LogP contribution in [-0.2, 0) is 16.1 Å². The highest BCUT2D eigenvalue weighted by atomic mass is 16.5. The third kappa shape index (κ3) is 6.45. The lowest BCUT2D eigenvalue weighted by atomic mass is 10.2. The van der Waals surface area contributed by atoms with Gasteiger partial charge in [-0.1, -0.05) is 26.0 Å². The van der Waals surface area contributed by atoms with Crippen LogP contribution >= 0.6 is 0 Å². The molecule has 1 atom stereocenters. The first kappa shape index (κ1) is 18.5. The molecule has 0 bridgehead atoms. The molecule has 22 heavy (non-hydrogen) atoms. The van der Waals surface area contributed by atoms with Crippen molar-refractivity contribution < 1.29 is 14.3 Å². The van der Waals surface area contributed by atoms with Crippen molar-refractivity contribution in [1.82, 2.24) is 10.2 Å². The number of ether oxygens (including phenoxy) is 2. The Bertz CT molecular complexity index is 447. The Kier molecular flexibility index (Phi) is 8.55. The van der Waals surface area contributed by atoms with Crippen LogP contribution in [0.3, 0.4) is 0 Å². The molecule has 0 aromatic heterocycles. The number of hydrogen-bond donors (Lipinski definition) is 1. The van der Waals surface area contributed by atoms with Crippen molar-refractivity contribution in [2.45, 2.75) is 33.4 Å². The summed E-state index contributed by atoms with van der Waals surface area (Å²) in [7, 11) is 1.63. The van der Waals surface area contributed by atoms with Gasteiger partial charge in [0.25, 0.3) is 0 Å². The van der Waals surface area contributed by atoms with Crippen molar-refractivity contribution in [1.29, 1.82) is 0 Å². The van der Waals surface area contributed by atoms with E-state index in [2.05, 4.69) is 31.0 Å².